The van der Waals surface area contributed by atoms with Gasteiger partial charge in [0.05, 0.1) is 0 Å². The van der Waals surface area contributed by atoms with Gasteiger partial charge < -0.3 is 5.32 Å². The molecule has 0 aliphatic heterocycles. The average Bonchev–Trinajstić information content (AvgIpc) is 3.01. The number of para-hydroxylation sites is 1. The molecule has 0 radical (unpaired) electrons. The summed E-state index contributed by atoms with van der Waals surface area (Å²) in [7, 11) is 0. The highest BCUT2D eigenvalue weighted by Gasteiger charge is 2.08. The summed E-state index contributed by atoms with van der Waals surface area (Å²) in [5.41, 5.74) is 2.23. The van der Waals surface area contributed by atoms with Crippen molar-refractivity contribution in [3.8, 4) is 0 Å². The molecule has 0 amide bonds. The quantitative estimate of drug-likeness (QED) is 0.370. The van der Waals surface area contributed by atoms with Gasteiger partial charge in [-0.25, -0.2) is 0 Å². The van der Waals surface area contributed by atoms with E-state index in [-0.39, 0.29) is 0 Å². The maximum absolute atomic E-state index is 3.47. The largest absolute Gasteiger partial charge is 0.356 e. The van der Waals surface area contributed by atoms with E-state index in [1.807, 2.05) is 29.5 Å². The summed E-state index contributed by atoms with van der Waals surface area (Å²) in [6.45, 7) is 0. The van der Waals surface area contributed by atoms with Crippen LogP contribution in [0.25, 0.3) is 30.9 Å². The van der Waals surface area contributed by atoms with Crippen molar-refractivity contribution in [2.75, 3.05) is 5.32 Å². The molecule has 0 saturated heterocycles. The predicted octanol–water partition coefficient (Wildman–Crippen LogP) is 6.95. The van der Waals surface area contributed by atoms with Gasteiger partial charge in [0.1, 0.15) is 0 Å². The molecule has 1 aromatic heterocycles. The van der Waals surface area contributed by atoms with Gasteiger partial charge >= 0.3 is 0 Å². The van der Waals surface area contributed by atoms with Gasteiger partial charge in [0.25, 0.3) is 0 Å². The first-order valence-electron chi connectivity index (χ1n) is 8.04. The topological polar surface area (TPSA) is 12.0 Å². The third kappa shape index (κ3) is 2.15. The molecule has 4 aromatic carbocycles. The molecule has 5 aromatic rings. The van der Waals surface area contributed by atoms with Crippen LogP contribution in [0.4, 0.5) is 11.4 Å². The molecule has 0 aliphatic rings. The molecule has 1 nitrogen and oxygen atoms in total. The second kappa shape index (κ2) is 5.36. The van der Waals surface area contributed by atoms with Gasteiger partial charge in [-0.3, -0.25) is 0 Å². The van der Waals surface area contributed by atoms with Crippen LogP contribution in [-0.2, 0) is 0 Å². The molecule has 0 spiro atoms. The van der Waals surface area contributed by atoms with E-state index in [0.29, 0.717) is 0 Å². The van der Waals surface area contributed by atoms with Gasteiger partial charge in [0, 0.05) is 31.5 Å². The predicted molar refractivity (Wildman–Crippen MR) is 107 cm³/mol. The fraction of sp³-hybridized carbons (Fsp3) is 0. The average molecular weight is 325 g/mol. The number of nitrogens with one attached hydrogen (secondary N) is 1. The van der Waals surface area contributed by atoms with Gasteiger partial charge in [0.15, 0.2) is 0 Å². The van der Waals surface area contributed by atoms with Crippen molar-refractivity contribution >= 4 is 53.7 Å². The van der Waals surface area contributed by atoms with E-state index in [0.717, 1.165) is 11.4 Å². The lowest BCUT2D eigenvalue weighted by Crippen LogP contribution is -1.89. The van der Waals surface area contributed by atoms with Crippen molar-refractivity contribution < 1.29 is 0 Å². The lowest BCUT2D eigenvalue weighted by molar-refractivity contribution is 1.57. The summed E-state index contributed by atoms with van der Waals surface area (Å²) in [5, 5.41) is 8.78. The molecule has 0 bridgehead atoms. The molecular formula is C22H15NS. The lowest BCUT2D eigenvalue weighted by Gasteiger charge is -2.08. The molecule has 0 unspecified atom stereocenters. The van der Waals surface area contributed by atoms with Crippen molar-refractivity contribution in [3.63, 3.8) is 0 Å². The van der Waals surface area contributed by atoms with Crippen LogP contribution < -0.4 is 5.32 Å². The van der Waals surface area contributed by atoms with E-state index in [9.17, 15) is 0 Å². The smallest absolute Gasteiger partial charge is 0.0433 e. The Morgan fingerprint density at radius 2 is 1.38 bits per heavy atom. The van der Waals surface area contributed by atoms with Gasteiger partial charge in [0.2, 0.25) is 0 Å². The van der Waals surface area contributed by atoms with Gasteiger partial charge in [-0.15, -0.1) is 11.3 Å². The third-order valence-corrected chi connectivity index (χ3v) is 5.64. The number of thiophene rings is 1. The molecule has 114 valence electrons. The highest BCUT2D eigenvalue weighted by molar-refractivity contribution is 7.26. The van der Waals surface area contributed by atoms with Gasteiger partial charge in [-0.05, 0) is 41.1 Å². The van der Waals surface area contributed by atoms with E-state index in [4.69, 9.17) is 0 Å². The number of rotatable bonds is 2. The molecule has 1 heterocycles. The Bertz CT molecular complexity index is 1170. The zero-order valence-corrected chi connectivity index (χ0v) is 13.8. The normalized spacial score (nSPS) is 11.3. The summed E-state index contributed by atoms with van der Waals surface area (Å²) >= 11 is 1.88. The molecule has 0 aliphatic carbocycles. The molecule has 2 heteroatoms. The zero-order chi connectivity index (χ0) is 15.9. The number of benzene rings is 4. The van der Waals surface area contributed by atoms with Crippen LogP contribution in [-0.4, -0.2) is 0 Å². The lowest BCUT2D eigenvalue weighted by atomic mass is 10.1. The first-order chi connectivity index (χ1) is 11.9. The summed E-state index contributed by atoms with van der Waals surface area (Å²) in [6.07, 6.45) is 0. The van der Waals surface area contributed by atoms with E-state index in [1.54, 1.807) is 0 Å². The summed E-state index contributed by atoms with van der Waals surface area (Å²) < 4.78 is 2.73. The third-order valence-electron chi connectivity index (χ3n) is 4.42. The van der Waals surface area contributed by atoms with E-state index in [1.165, 1.54) is 30.9 Å². The van der Waals surface area contributed by atoms with Crippen LogP contribution in [0.1, 0.15) is 0 Å². The van der Waals surface area contributed by atoms with Crippen LogP contribution in [0, 0.1) is 0 Å². The molecule has 0 saturated carbocycles. The second-order valence-electron chi connectivity index (χ2n) is 5.97. The Morgan fingerprint density at radius 3 is 2.29 bits per heavy atom. The van der Waals surface area contributed by atoms with E-state index >= 15 is 0 Å². The molecule has 0 fully saturated rings. The minimum atomic E-state index is 1.11. The van der Waals surface area contributed by atoms with E-state index in [2.05, 4.69) is 72.0 Å². The van der Waals surface area contributed by atoms with Crippen molar-refractivity contribution in [2.45, 2.75) is 0 Å². The van der Waals surface area contributed by atoms with Crippen molar-refractivity contribution in [1.82, 2.24) is 0 Å². The van der Waals surface area contributed by atoms with Gasteiger partial charge in [-0.2, -0.15) is 0 Å². The van der Waals surface area contributed by atoms with E-state index < -0.39 is 0 Å². The first kappa shape index (κ1) is 13.6. The summed E-state index contributed by atoms with van der Waals surface area (Å²) in [5.74, 6) is 0. The number of hydrogen-bond donors (Lipinski definition) is 1. The Balaban J connectivity index is 1.68. The van der Waals surface area contributed by atoms with Crippen molar-refractivity contribution in [3.05, 3.63) is 84.9 Å². The molecule has 0 atom stereocenters. The Labute approximate surface area is 144 Å². The van der Waals surface area contributed by atoms with Crippen LogP contribution in [0.2, 0.25) is 0 Å². The summed E-state index contributed by atoms with van der Waals surface area (Å²) in [4.78, 5) is 0. The molecule has 1 N–H and O–H groups in total. The zero-order valence-electron chi connectivity index (χ0n) is 13.0. The monoisotopic (exact) mass is 325 g/mol. The van der Waals surface area contributed by atoms with Crippen LogP contribution in [0.15, 0.2) is 84.9 Å². The Kier molecular flexibility index (Phi) is 3.03. The highest BCUT2D eigenvalue weighted by atomic mass is 32.1. The maximum Gasteiger partial charge on any atom is 0.0433 e. The molecule has 5 rings (SSSR count). The minimum absolute atomic E-state index is 1.11. The number of fused-ring (bicyclic) bond motifs is 5. The van der Waals surface area contributed by atoms with Crippen LogP contribution in [0.5, 0.6) is 0 Å². The number of hydrogen-bond acceptors (Lipinski definition) is 2. The standard InChI is InChI=1S/C22H15NS/c1-2-6-16(7-3-1)23-17-11-13-18-15(14-17)10-12-20-19-8-4-5-9-21(19)24-22(18)20/h1-14,23H. The fourth-order valence-corrected chi connectivity index (χ4v) is 4.52. The highest BCUT2D eigenvalue weighted by Crippen LogP contribution is 2.38. The SMILES string of the molecule is c1ccc(Nc2ccc3c(ccc4c5ccccc5sc34)c2)cc1. The van der Waals surface area contributed by atoms with Crippen molar-refractivity contribution in [1.29, 1.82) is 0 Å². The fourth-order valence-electron chi connectivity index (χ4n) is 3.28. The molecular weight excluding hydrogens is 310 g/mol. The summed E-state index contributed by atoms with van der Waals surface area (Å²) in [6, 6.07) is 30.0. The Morgan fingerprint density at radius 1 is 0.583 bits per heavy atom. The van der Waals surface area contributed by atoms with Crippen LogP contribution >= 0.6 is 11.3 Å². The second-order valence-corrected chi connectivity index (χ2v) is 7.02. The van der Waals surface area contributed by atoms with Crippen LogP contribution in [0.3, 0.4) is 0 Å². The number of anilines is 2. The Hall–Kier alpha value is -2.84. The minimum Gasteiger partial charge on any atom is -0.356 e. The molecule has 24 heavy (non-hydrogen) atoms. The van der Waals surface area contributed by atoms with Crippen molar-refractivity contribution in [2.24, 2.45) is 0 Å². The first-order valence-corrected chi connectivity index (χ1v) is 8.86. The van der Waals surface area contributed by atoms with Gasteiger partial charge in [-0.1, -0.05) is 54.6 Å². The maximum atomic E-state index is 3.47.